The van der Waals surface area contributed by atoms with E-state index in [-0.39, 0.29) is 11.8 Å². The fourth-order valence-corrected chi connectivity index (χ4v) is 0.542. The van der Waals surface area contributed by atoms with Crippen molar-refractivity contribution in [3.8, 4) is 0 Å². The Labute approximate surface area is 79.8 Å². The highest BCUT2D eigenvalue weighted by molar-refractivity contribution is 4.77. The lowest BCUT2D eigenvalue weighted by Gasteiger charge is -2.39. The average molecular weight is 190 g/mol. The molecule has 80 valence electrons. The van der Waals surface area contributed by atoms with Crippen LogP contribution in [-0.4, -0.2) is 11.7 Å². The summed E-state index contributed by atoms with van der Waals surface area (Å²) in [6.07, 6.45) is 0. The lowest BCUT2D eigenvalue weighted by molar-refractivity contribution is -0.187. The third-order valence-electron chi connectivity index (χ3n) is 2.16. The van der Waals surface area contributed by atoms with Crippen LogP contribution in [0.1, 0.15) is 27.7 Å². The molecule has 0 radical (unpaired) electrons. The second-order valence-corrected chi connectivity index (χ2v) is 4.12. The third-order valence-corrected chi connectivity index (χ3v) is 2.16. The normalized spacial score (nSPS) is 14.3. The van der Waals surface area contributed by atoms with Gasteiger partial charge in [0.05, 0.1) is 0 Å². The van der Waals surface area contributed by atoms with Gasteiger partial charge in [-0.3, -0.25) is 22.9 Å². The summed E-state index contributed by atoms with van der Waals surface area (Å²) in [6, 6.07) is 0. The summed E-state index contributed by atoms with van der Waals surface area (Å²) >= 11 is 0. The minimum absolute atomic E-state index is 0.0577. The van der Waals surface area contributed by atoms with Gasteiger partial charge in [-0.15, -0.1) is 0 Å². The summed E-state index contributed by atoms with van der Waals surface area (Å²) in [7, 11) is 0. The van der Waals surface area contributed by atoms with Gasteiger partial charge in [0.1, 0.15) is 0 Å². The summed E-state index contributed by atoms with van der Waals surface area (Å²) in [6.45, 7) is 7.37. The van der Waals surface area contributed by atoms with E-state index in [1.54, 1.807) is 0 Å². The fourth-order valence-electron chi connectivity index (χ4n) is 0.542. The largest absolute Gasteiger partial charge is 0.313 e. The first-order valence-electron chi connectivity index (χ1n) is 4.45. The summed E-state index contributed by atoms with van der Waals surface area (Å²) < 4.78 is 5.26. The maximum atomic E-state index is 5.68. The highest BCUT2D eigenvalue weighted by atomic mass is 16.6. The molecule has 0 unspecified atom stereocenters. The van der Waals surface area contributed by atoms with Gasteiger partial charge in [0, 0.05) is 11.8 Å². The first-order valence-corrected chi connectivity index (χ1v) is 4.45. The Morgan fingerprint density at radius 3 is 1.15 bits per heavy atom. The number of nitrogens with two attached hydrogens (primary N) is 4. The van der Waals surface area contributed by atoms with E-state index in [2.05, 4.69) is 0 Å². The van der Waals surface area contributed by atoms with Crippen molar-refractivity contribution in [2.75, 3.05) is 0 Å². The van der Waals surface area contributed by atoms with E-state index < -0.39 is 11.7 Å². The van der Waals surface area contributed by atoms with Crippen LogP contribution in [0.4, 0.5) is 0 Å². The van der Waals surface area contributed by atoms with Crippen LogP contribution >= 0.6 is 0 Å². The first kappa shape index (κ1) is 12.8. The first-order chi connectivity index (χ1) is 5.59. The van der Waals surface area contributed by atoms with Crippen LogP contribution < -0.4 is 22.9 Å². The van der Waals surface area contributed by atoms with E-state index in [0.717, 1.165) is 0 Å². The molecule has 0 aliphatic heterocycles. The molecule has 0 atom stereocenters. The molecule has 0 aliphatic carbocycles. The lowest BCUT2D eigenvalue weighted by Crippen LogP contribution is -2.68. The Kier molecular flexibility index (Phi) is 3.83. The van der Waals surface area contributed by atoms with Gasteiger partial charge >= 0.3 is 0 Å². The monoisotopic (exact) mass is 190 g/mol. The fraction of sp³-hybridized carbons (Fsp3) is 1.00. The Bertz CT molecular complexity index is 148. The van der Waals surface area contributed by atoms with Gasteiger partial charge in [-0.25, -0.2) is 0 Å². The van der Waals surface area contributed by atoms with E-state index in [4.69, 9.17) is 27.7 Å². The minimum Gasteiger partial charge on any atom is -0.313 e. The van der Waals surface area contributed by atoms with Gasteiger partial charge in [-0.2, -0.15) is 0 Å². The van der Waals surface area contributed by atoms with Crippen molar-refractivity contribution in [2.24, 2.45) is 34.8 Å². The van der Waals surface area contributed by atoms with Gasteiger partial charge in [0.2, 0.25) is 0 Å². The standard InChI is InChI=1S/C8H22N4O/c1-5(2)7(9,10)13-8(11,12)6(3)4/h5-6H,9-12H2,1-4H3. The quantitative estimate of drug-likeness (QED) is 0.444. The molecule has 0 aromatic rings. The molecule has 5 nitrogen and oxygen atoms in total. The van der Waals surface area contributed by atoms with Gasteiger partial charge in [-0.1, -0.05) is 27.7 Å². The van der Waals surface area contributed by atoms with Crippen LogP contribution in [0, 0.1) is 11.8 Å². The molecule has 0 aliphatic rings. The molecule has 5 heteroatoms. The topological polar surface area (TPSA) is 113 Å². The predicted molar refractivity (Wildman–Crippen MR) is 53.0 cm³/mol. The van der Waals surface area contributed by atoms with Gasteiger partial charge in [0.25, 0.3) is 0 Å². The molecule has 0 fully saturated rings. The summed E-state index contributed by atoms with van der Waals surface area (Å²) in [5.74, 6) is -2.68. The zero-order valence-corrected chi connectivity index (χ0v) is 8.87. The maximum Gasteiger partial charge on any atom is 0.175 e. The van der Waals surface area contributed by atoms with Crippen LogP contribution in [0.2, 0.25) is 0 Å². The molecule has 0 amide bonds. The highest BCUT2D eigenvalue weighted by Gasteiger charge is 2.36. The third kappa shape index (κ3) is 3.58. The Hall–Kier alpha value is -0.200. The predicted octanol–water partition coefficient (Wildman–Crippen LogP) is -0.543. The highest BCUT2D eigenvalue weighted by Crippen LogP contribution is 2.17. The van der Waals surface area contributed by atoms with E-state index in [1.807, 2.05) is 27.7 Å². The van der Waals surface area contributed by atoms with E-state index in [9.17, 15) is 0 Å². The molecule has 8 N–H and O–H groups in total. The Morgan fingerprint density at radius 2 is 1.00 bits per heavy atom. The van der Waals surface area contributed by atoms with Crippen molar-refractivity contribution in [3.63, 3.8) is 0 Å². The van der Waals surface area contributed by atoms with Gasteiger partial charge in [0.15, 0.2) is 11.7 Å². The smallest absolute Gasteiger partial charge is 0.175 e. The second kappa shape index (κ2) is 3.89. The summed E-state index contributed by atoms with van der Waals surface area (Å²) in [4.78, 5) is 0. The second-order valence-electron chi connectivity index (χ2n) is 4.12. The van der Waals surface area contributed by atoms with Crippen LogP contribution in [0.15, 0.2) is 0 Å². The Morgan fingerprint density at radius 1 is 0.769 bits per heavy atom. The average Bonchev–Trinajstić information content (AvgIpc) is 1.83. The van der Waals surface area contributed by atoms with Crippen molar-refractivity contribution >= 4 is 0 Å². The van der Waals surface area contributed by atoms with Gasteiger partial charge in [-0.05, 0) is 0 Å². The summed E-state index contributed by atoms with van der Waals surface area (Å²) in [5.41, 5.74) is 22.7. The zero-order valence-electron chi connectivity index (χ0n) is 8.87. The lowest BCUT2D eigenvalue weighted by atomic mass is 10.1. The molecule has 13 heavy (non-hydrogen) atoms. The minimum atomic E-state index is -1.28. The van der Waals surface area contributed by atoms with Crippen LogP contribution in [0.25, 0.3) is 0 Å². The SMILES string of the molecule is CC(C)C(N)(N)OC(N)(N)C(C)C. The molecule has 0 rings (SSSR count). The van der Waals surface area contributed by atoms with Crippen molar-refractivity contribution in [2.45, 2.75) is 39.4 Å². The van der Waals surface area contributed by atoms with E-state index in [1.165, 1.54) is 0 Å². The molecule has 0 aromatic heterocycles. The Balaban J connectivity index is 4.42. The maximum absolute atomic E-state index is 5.68. The number of hydrogen-bond donors (Lipinski definition) is 4. The molecule has 0 saturated heterocycles. The molecular weight excluding hydrogens is 168 g/mol. The van der Waals surface area contributed by atoms with Crippen molar-refractivity contribution in [1.29, 1.82) is 0 Å². The van der Waals surface area contributed by atoms with Gasteiger partial charge < -0.3 is 4.74 Å². The number of hydrogen-bond acceptors (Lipinski definition) is 5. The van der Waals surface area contributed by atoms with Crippen molar-refractivity contribution < 1.29 is 4.74 Å². The van der Waals surface area contributed by atoms with E-state index >= 15 is 0 Å². The number of ether oxygens (including phenoxy) is 1. The zero-order chi connectivity index (χ0) is 10.9. The van der Waals surface area contributed by atoms with Crippen LogP contribution in [-0.2, 0) is 4.74 Å². The number of rotatable bonds is 4. The summed E-state index contributed by atoms with van der Waals surface area (Å²) in [5, 5.41) is 0. The molecule has 0 aromatic carbocycles. The molecule has 0 spiro atoms. The molecular formula is C8H22N4O. The van der Waals surface area contributed by atoms with Crippen molar-refractivity contribution in [3.05, 3.63) is 0 Å². The van der Waals surface area contributed by atoms with Crippen LogP contribution in [0.5, 0.6) is 0 Å². The van der Waals surface area contributed by atoms with Crippen molar-refractivity contribution in [1.82, 2.24) is 0 Å². The molecule has 0 bridgehead atoms. The molecule has 0 saturated carbocycles. The van der Waals surface area contributed by atoms with Crippen LogP contribution in [0.3, 0.4) is 0 Å². The molecule has 0 heterocycles. The van der Waals surface area contributed by atoms with E-state index in [0.29, 0.717) is 0 Å².